The van der Waals surface area contributed by atoms with E-state index in [-0.39, 0.29) is 17.7 Å². The van der Waals surface area contributed by atoms with Crippen molar-refractivity contribution < 1.29 is 27.8 Å². The average molecular weight is 360 g/mol. The van der Waals surface area contributed by atoms with Crippen molar-refractivity contribution in [3.63, 3.8) is 0 Å². The lowest BCUT2D eigenvalue weighted by Crippen LogP contribution is -2.21. The van der Waals surface area contributed by atoms with Gasteiger partial charge >= 0.3 is 12.6 Å². The number of rotatable bonds is 7. The highest BCUT2D eigenvalue weighted by atomic mass is 19.3. The summed E-state index contributed by atoms with van der Waals surface area (Å²) in [5.74, 6) is -1.59. The van der Waals surface area contributed by atoms with Crippen LogP contribution < -0.4 is 10.1 Å². The van der Waals surface area contributed by atoms with Gasteiger partial charge in [-0.2, -0.15) is 14.0 Å². The number of hydrogen-bond donors (Lipinski definition) is 1. The number of nitrogens with zero attached hydrogens (tertiary/aromatic N) is 1. The molecule has 0 aliphatic carbocycles. The van der Waals surface area contributed by atoms with E-state index < -0.39 is 25.1 Å². The molecular weight excluding hydrogens is 346 g/mol. The largest absolute Gasteiger partial charge is 0.452 e. The van der Waals surface area contributed by atoms with Crippen LogP contribution >= 0.6 is 0 Å². The quantitative estimate of drug-likeness (QED) is 0.766. The number of esters is 1. The number of ether oxygens (including phenoxy) is 2. The van der Waals surface area contributed by atoms with Crippen LogP contribution in [0.15, 0.2) is 48.5 Å². The van der Waals surface area contributed by atoms with Crippen LogP contribution in [0.2, 0.25) is 0 Å². The van der Waals surface area contributed by atoms with Crippen molar-refractivity contribution in [3.8, 4) is 11.8 Å². The summed E-state index contributed by atoms with van der Waals surface area (Å²) < 4.78 is 33.4. The molecule has 0 aromatic heterocycles. The smallest absolute Gasteiger partial charge is 0.387 e. The number of nitrogens with one attached hydrogen (secondary N) is 1. The molecule has 0 atom stereocenters. The Morgan fingerprint density at radius 3 is 2.54 bits per heavy atom. The number of alkyl halides is 2. The van der Waals surface area contributed by atoms with Gasteiger partial charge in [0.1, 0.15) is 5.75 Å². The Balaban J connectivity index is 1.86. The Morgan fingerprint density at radius 2 is 1.88 bits per heavy atom. The van der Waals surface area contributed by atoms with E-state index in [1.54, 1.807) is 24.3 Å². The lowest BCUT2D eigenvalue weighted by molar-refractivity contribution is -0.119. The summed E-state index contributed by atoms with van der Waals surface area (Å²) >= 11 is 0. The number of hydrogen-bond acceptors (Lipinski definition) is 5. The minimum atomic E-state index is -3.01. The van der Waals surface area contributed by atoms with Gasteiger partial charge in [-0.25, -0.2) is 4.79 Å². The summed E-state index contributed by atoms with van der Waals surface area (Å²) in [5.41, 5.74) is 1.28. The minimum Gasteiger partial charge on any atom is -0.452 e. The first kappa shape index (κ1) is 18.9. The van der Waals surface area contributed by atoms with Crippen molar-refractivity contribution in [2.45, 2.75) is 13.0 Å². The van der Waals surface area contributed by atoms with Crippen molar-refractivity contribution in [1.82, 2.24) is 0 Å². The zero-order valence-electron chi connectivity index (χ0n) is 13.4. The second kappa shape index (κ2) is 9.13. The van der Waals surface area contributed by atoms with E-state index in [9.17, 15) is 18.4 Å². The molecule has 0 radical (unpaired) electrons. The Kier molecular flexibility index (Phi) is 6.62. The second-order valence-corrected chi connectivity index (χ2v) is 5.06. The first-order valence-corrected chi connectivity index (χ1v) is 7.45. The molecule has 26 heavy (non-hydrogen) atoms. The monoisotopic (exact) mass is 360 g/mol. The summed E-state index contributed by atoms with van der Waals surface area (Å²) in [6.45, 7) is -3.55. The molecule has 1 N–H and O–H groups in total. The molecule has 2 aromatic rings. The van der Waals surface area contributed by atoms with Crippen LogP contribution in [0.25, 0.3) is 0 Å². The Morgan fingerprint density at radius 1 is 1.15 bits per heavy atom. The number of benzene rings is 2. The van der Waals surface area contributed by atoms with Gasteiger partial charge in [-0.05, 0) is 35.9 Å². The van der Waals surface area contributed by atoms with Crippen LogP contribution in [0, 0.1) is 11.3 Å². The number of nitriles is 1. The maximum absolute atomic E-state index is 12.2. The number of carbonyl (C=O) groups excluding carboxylic acids is 2. The second-order valence-electron chi connectivity index (χ2n) is 5.06. The summed E-state index contributed by atoms with van der Waals surface area (Å²) in [4.78, 5) is 23.7. The third kappa shape index (κ3) is 5.87. The van der Waals surface area contributed by atoms with Crippen LogP contribution in [-0.2, 0) is 16.0 Å². The molecule has 0 spiro atoms. The topological polar surface area (TPSA) is 88.4 Å². The Bertz CT molecular complexity index is 817. The molecule has 2 rings (SSSR count). The highest BCUT2D eigenvalue weighted by molar-refractivity contribution is 5.95. The zero-order valence-corrected chi connectivity index (χ0v) is 13.4. The van der Waals surface area contributed by atoms with Gasteiger partial charge in [0.25, 0.3) is 5.91 Å². The molecular formula is C18H14F2N2O4. The first-order chi connectivity index (χ1) is 12.5. The van der Waals surface area contributed by atoms with Gasteiger partial charge in [0.15, 0.2) is 6.61 Å². The molecule has 0 aliphatic heterocycles. The molecule has 2 aromatic carbocycles. The molecule has 0 saturated heterocycles. The van der Waals surface area contributed by atoms with E-state index in [2.05, 4.69) is 10.1 Å². The van der Waals surface area contributed by atoms with Crippen LogP contribution in [0.4, 0.5) is 14.5 Å². The Labute approximate surface area is 148 Å². The average Bonchev–Trinajstić information content (AvgIpc) is 2.61. The van der Waals surface area contributed by atoms with Gasteiger partial charge in [0.05, 0.1) is 18.1 Å². The zero-order chi connectivity index (χ0) is 18.9. The summed E-state index contributed by atoms with van der Waals surface area (Å²) in [7, 11) is 0. The van der Waals surface area contributed by atoms with E-state index in [4.69, 9.17) is 10.00 Å². The normalized spacial score (nSPS) is 10.1. The van der Waals surface area contributed by atoms with Gasteiger partial charge in [-0.15, -0.1) is 0 Å². The molecule has 0 fully saturated rings. The van der Waals surface area contributed by atoms with Crippen LogP contribution in [0.1, 0.15) is 15.9 Å². The maximum Gasteiger partial charge on any atom is 0.387 e. The summed E-state index contributed by atoms with van der Waals surface area (Å²) in [6, 6.07) is 13.7. The Hall–Kier alpha value is -3.47. The number of carbonyl (C=O) groups is 2. The third-order valence-electron chi connectivity index (χ3n) is 3.15. The first-order valence-electron chi connectivity index (χ1n) is 7.45. The number of halogens is 2. The molecule has 6 nitrogen and oxygen atoms in total. The van der Waals surface area contributed by atoms with Crippen molar-refractivity contribution >= 4 is 17.6 Å². The lowest BCUT2D eigenvalue weighted by Gasteiger charge is -2.08. The fourth-order valence-corrected chi connectivity index (χ4v) is 2.01. The predicted molar refractivity (Wildman–Crippen MR) is 87.7 cm³/mol. The molecule has 8 heteroatoms. The van der Waals surface area contributed by atoms with E-state index in [1.165, 1.54) is 18.2 Å². The molecule has 0 bridgehead atoms. The lowest BCUT2D eigenvalue weighted by atomic mass is 10.1. The summed E-state index contributed by atoms with van der Waals surface area (Å²) in [5, 5.41) is 11.1. The van der Waals surface area contributed by atoms with Crippen molar-refractivity contribution in [3.05, 3.63) is 59.7 Å². The highest BCUT2D eigenvalue weighted by Crippen LogP contribution is 2.16. The standard InChI is InChI=1S/C18H14F2N2O4/c19-18(20)26-15-3-1-2-13(10-15)17(24)25-11-16(23)22-14-6-4-12(5-7-14)8-9-21/h1-7,10,18H,8,11H2,(H,22,23). The predicted octanol–water partition coefficient (Wildman–Crippen LogP) is 3.15. The van der Waals surface area contributed by atoms with Gasteiger partial charge in [-0.1, -0.05) is 18.2 Å². The van der Waals surface area contributed by atoms with Gasteiger partial charge in [-0.3, -0.25) is 4.79 Å². The van der Waals surface area contributed by atoms with E-state index in [0.717, 1.165) is 11.6 Å². The minimum absolute atomic E-state index is 0.0168. The maximum atomic E-state index is 12.2. The molecule has 0 unspecified atom stereocenters. The fraction of sp³-hybridized carbons (Fsp3) is 0.167. The molecule has 1 amide bonds. The van der Waals surface area contributed by atoms with Crippen LogP contribution in [-0.4, -0.2) is 25.1 Å². The molecule has 134 valence electrons. The van der Waals surface area contributed by atoms with Gasteiger partial charge in [0, 0.05) is 5.69 Å². The third-order valence-corrected chi connectivity index (χ3v) is 3.15. The van der Waals surface area contributed by atoms with E-state index in [1.807, 2.05) is 6.07 Å². The van der Waals surface area contributed by atoms with Crippen LogP contribution in [0.5, 0.6) is 5.75 Å². The van der Waals surface area contributed by atoms with Crippen molar-refractivity contribution in [2.75, 3.05) is 11.9 Å². The molecule has 0 aliphatic rings. The molecule has 0 saturated carbocycles. The van der Waals surface area contributed by atoms with Gasteiger partial charge in [0.2, 0.25) is 0 Å². The number of anilines is 1. The van der Waals surface area contributed by atoms with E-state index >= 15 is 0 Å². The van der Waals surface area contributed by atoms with E-state index in [0.29, 0.717) is 5.69 Å². The summed E-state index contributed by atoms with van der Waals surface area (Å²) in [6.07, 6.45) is 0.264. The fourth-order valence-electron chi connectivity index (χ4n) is 2.01. The highest BCUT2D eigenvalue weighted by Gasteiger charge is 2.12. The molecule has 0 heterocycles. The SMILES string of the molecule is N#CCc1ccc(NC(=O)COC(=O)c2cccc(OC(F)F)c2)cc1. The van der Waals surface area contributed by atoms with Crippen molar-refractivity contribution in [2.24, 2.45) is 0 Å². The number of amides is 1. The van der Waals surface area contributed by atoms with Crippen LogP contribution in [0.3, 0.4) is 0 Å². The van der Waals surface area contributed by atoms with Crippen molar-refractivity contribution in [1.29, 1.82) is 5.26 Å². The van der Waals surface area contributed by atoms with Gasteiger partial charge < -0.3 is 14.8 Å².